The van der Waals surface area contributed by atoms with E-state index in [0.29, 0.717) is 24.2 Å². The number of ether oxygens (including phenoxy) is 1. The molecule has 4 aromatic rings. The Bertz CT molecular complexity index is 1300. The normalized spacial score (nSPS) is 13.1. The molecule has 6 nitrogen and oxygen atoms in total. The van der Waals surface area contributed by atoms with Crippen LogP contribution in [0.2, 0.25) is 0 Å². The maximum atomic E-state index is 13.2. The topological polar surface area (TPSA) is 75.3 Å². The molecule has 0 saturated heterocycles. The molecule has 1 aliphatic rings. The van der Waals surface area contributed by atoms with Crippen molar-refractivity contribution in [2.75, 3.05) is 13.7 Å². The number of benzene rings is 2. The minimum atomic E-state index is -0.366. The highest BCUT2D eigenvalue weighted by Crippen LogP contribution is 2.30. The number of amides is 1. The molecule has 1 amide bonds. The van der Waals surface area contributed by atoms with Crippen LogP contribution < -0.4 is 0 Å². The lowest BCUT2D eigenvalue weighted by molar-refractivity contribution is 0.0600. The van der Waals surface area contributed by atoms with Crippen molar-refractivity contribution >= 4 is 34.5 Å². The molecule has 160 valence electrons. The predicted molar refractivity (Wildman–Crippen MR) is 123 cm³/mol. The number of nitrogens with zero attached hydrogens (tertiary/aromatic N) is 2. The average Bonchev–Trinajstić information content (AvgIpc) is 3.21. The molecule has 2 aromatic carbocycles. The first-order valence-corrected chi connectivity index (χ1v) is 11.1. The molecular formula is C25H21N3O3S. The summed E-state index contributed by atoms with van der Waals surface area (Å²) in [5.74, 6) is -0.363. The fourth-order valence-electron chi connectivity index (χ4n) is 4.01. The number of rotatable bonds is 4. The third-order valence-electron chi connectivity index (χ3n) is 5.64. The first-order chi connectivity index (χ1) is 15.6. The fraction of sp³-hybridized carbons (Fsp3) is 0.160. The van der Waals surface area contributed by atoms with Crippen molar-refractivity contribution in [3.05, 3.63) is 89.2 Å². The van der Waals surface area contributed by atoms with Crippen molar-refractivity contribution < 1.29 is 14.3 Å². The summed E-state index contributed by atoms with van der Waals surface area (Å²) in [6, 6.07) is 18.9. The Labute approximate surface area is 189 Å². The summed E-state index contributed by atoms with van der Waals surface area (Å²) in [4.78, 5) is 35.8. The van der Waals surface area contributed by atoms with Gasteiger partial charge in [-0.05, 0) is 54.6 Å². The number of carbonyl (C=O) groups excluding carboxylic acids is 2. The van der Waals surface area contributed by atoms with Crippen LogP contribution in [0, 0.1) is 0 Å². The van der Waals surface area contributed by atoms with Gasteiger partial charge in [-0.25, -0.2) is 9.78 Å². The van der Waals surface area contributed by atoms with Crippen molar-refractivity contribution in [1.82, 2.24) is 14.9 Å². The van der Waals surface area contributed by atoms with Crippen LogP contribution in [0.5, 0.6) is 0 Å². The number of nitrogens with one attached hydrogen (secondary N) is 1. The van der Waals surface area contributed by atoms with E-state index >= 15 is 0 Å². The second kappa shape index (κ2) is 8.51. The number of H-pyrrole nitrogens is 1. The van der Waals surface area contributed by atoms with Crippen molar-refractivity contribution in [2.45, 2.75) is 22.9 Å². The van der Waals surface area contributed by atoms with E-state index in [0.717, 1.165) is 38.5 Å². The summed E-state index contributed by atoms with van der Waals surface area (Å²) in [6.45, 7) is 1.15. The van der Waals surface area contributed by atoms with E-state index in [4.69, 9.17) is 4.74 Å². The van der Waals surface area contributed by atoms with Gasteiger partial charge in [0.05, 0.1) is 12.7 Å². The lowest BCUT2D eigenvalue weighted by Gasteiger charge is -2.27. The van der Waals surface area contributed by atoms with Crippen LogP contribution in [-0.2, 0) is 17.7 Å². The Morgan fingerprint density at radius 1 is 1.06 bits per heavy atom. The van der Waals surface area contributed by atoms with Crippen LogP contribution in [0.3, 0.4) is 0 Å². The molecule has 7 heteroatoms. The number of fused-ring (bicyclic) bond motifs is 3. The van der Waals surface area contributed by atoms with E-state index in [1.54, 1.807) is 24.0 Å². The first kappa shape index (κ1) is 20.3. The minimum Gasteiger partial charge on any atom is -0.465 e. The molecule has 0 saturated carbocycles. The monoisotopic (exact) mass is 443 g/mol. The highest BCUT2D eigenvalue weighted by Gasteiger charge is 2.25. The minimum absolute atomic E-state index is 0.00325. The van der Waals surface area contributed by atoms with Gasteiger partial charge in [0.2, 0.25) is 0 Å². The van der Waals surface area contributed by atoms with Gasteiger partial charge in [0.1, 0.15) is 5.03 Å². The van der Waals surface area contributed by atoms with Crippen molar-refractivity contribution in [3.8, 4) is 0 Å². The molecule has 0 spiro atoms. The lowest BCUT2D eigenvalue weighted by Crippen LogP contribution is -2.35. The second-order valence-corrected chi connectivity index (χ2v) is 8.70. The number of methoxy groups -OCH3 is 1. The van der Waals surface area contributed by atoms with Crippen LogP contribution in [0.1, 0.15) is 32.0 Å². The van der Waals surface area contributed by atoms with Gasteiger partial charge in [0.25, 0.3) is 5.91 Å². The molecule has 0 atom stereocenters. The largest absolute Gasteiger partial charge is 0.465 e. The molecule has 32 heavy (non-hydrogen) atoms. The maximum Gasteiger partial charge on any atom is 0.337 e. The third-order valence-corrected chi connectivity index (χ3v) is 6.60. The molecule has 0 radical (unpaired) electrons. The molecule has 1 N–H and O–H groups in total. The van der Waals surface area contributed by atoms with E-state index in [9.17, 15) is 9.59 Å². The first-order valence-electron chi connectivity index (χ1n) is 10.3. The number of esters is 1. The van der Waals surface area contributed by atoms with Gasteiger partial charge in [-0.1, -0.05) is 17.8 Å². The average molecular weight is 444 g/mol. The Kier molecular flexibility index (Phi) is 5.41. The Morgan fingerprint density at radius 3 is 2.62 bits per heavy atom. The van der Waals surface area contributed by atoms with Gasteiger partial charge >= 0.3 is 5.97 Å². The summed E-state index contributed by atoms with van der Waals surface area (Å²) in [7, 11) is 1.37. The Balaban J connectivity index is 1.35. The number of pyridine rings is 1. The molecule has 3 heterocycles. The molecule has 0 bridgehead atoms. The van der Waals surface area contributed by atoms with E-state index in [2.05, 4.69) is 9.97 Å². The van der Waals surface area contributed by atoms with Gasteiger partial charge in [-0.2, -0.15) is 0 Å². The van der Waals surface area contributed by atoms with Crippen LogP contribution in [0.15, 0.2) is 76.8 Å². The second-order valence-electron chi connectivity index (χ2n) is 7.61. The number of aromatic nitrogens is 2. The quantitative estimate of drug-likeness (QED) is 0.463. The molecule has 0 unspecified atom stereocenters. The van der Waals surface area contributed by atoms with E-state index in [-0.39, 0.29) is 11.9 Å². The molecular weight excluding hydrogens is 422 g/mol. The number of carbonyl (C=O) groups is 2. The fourth-order valence-corrected chi connectivity index (χ4v) is 4.78. The third kappa shape index (κ3) is 3.87. The van der Waals surface area contributed by atoms with Crippen LogP contribution >= 0.6 is 11.8 Å². The molecule has 0 fully saturated rings. The molecule has 2 aromatic heterocycles. The summed E-state index contributed by atoms with van der Waals surface area (Å²) in [5.41, 5.74) is 4.31. The van der Waals surface area contributed by atoms with E-state index < -0.39 is 0 Å². The van der Waals surface area contributed by atoms with Crippen LogP contribution in [-0.4, -0.2) is 40.4 Å². The number of hydrogen-bond donors (Lipinski definition) is 1. The summed E-state index contributed by atoms with van der Waals surface area (Å²) in [5, 5.41) is 1.88. The Hall–Kier alpha value is -3.58. The van der Waals surface area contributed by atoms with Crippen molar-refractivity contribution in [2.24, 2.45) is 0 Å². The van der Waals surface area contributed by atoms with Crippen molar-refractivity contribution in [1.29, 1.82) is 0 Å². The van der Waals surface area contributed by atoms with Gasteiger partial charge in [0.15, 0.2) is 0 Å². The summed E-state index contributed by atoms with van der Waals surface area (Å²) < 4.78 is 4.85. The number of hydrogen-bond acceptors (Lipinski definition) is 5. The van der Waals surface area contributed by atoms with E-state index in [1.165, 1.54) is 7.11 Å². The zero-order valence-electron chi connectivity index (χ0n) is 17.5. The van der Waals surface area contributed by atoms with Gasteiger partial charge < -0.3 is 14.6 Å². The lowest BCUT2D eigenvalue weighted by atomic mass is 10.0. The SMILES string of the molecule is COC(=O)c1ccc2[nH]c3c(c2c1)CN(C(=O)c1ccc(Sc2ccccn2)cc1)CC3. The smallest absolute Gasteiger partial charge is 0.337 e. The highest BCUT2D eigenvalue weighted by molar-refractivity contribution is 7.99. The summed E-state index contributed by atoms with van der Waals surface area (Å²) >= 11 is 1.56. The van der Waals surface area contributed by atoms with Crippen LogP contribution in [0.4, 0.5) is 0 Å². The van der Waals surface area contributed by atoms with E-state index in [1.807, 2.05) is 59.5 Å². The summed E-state index contributed by atoms with van der Waals surface area (Å²) in [6.07, 6.45) is 2.51. The standard InChI is InChI=1S/C25H21N3O3S/c1-31-25(30)17-7-10-21-19(14-17)20-15-28(13-11-22(20)27-21)24(29)16-5-8-18(9-6-16)32-23-4-2-3-12-26-23/h2-10,12,14,27H,11,13,15H2,1H3. The highest BCUT2D eigenvalue weighted by atomic mass is 32.2. The van der Waals surface area contributed by atoms with Crippen molar-refractivity contribution in [3.63, 3.8) is 0 Å². The maximum absolute atomic E-state index is 13.2. The zero-order valence-corrected chi connectivity index (χ0v) is 18.3. The number of aromatic amines is 1. The van der Waals surface area contributed by atoms with Crippen LogP contribution in [0.25, 0.3) is 10.9 Å². The molecule has 0 aliphatic carbocycles. The van der Waals surface area contributed by atoms with Gasteiger partial charge in [-0.15, -0.1) is 0 Å². The molecule has 5 rings (SSSR count). The molecule has 1 aliphatic heterocycles. The Morgan fingerprint density at radius 2 is 1.88 bits per heavy atom. The van der Waals surface area contributed by atoms with Gasteiger partial charge in [0, 0.05) is 58.3 Å². The van der Waals surface area contributed by atoms with Gasteiger partial charge in [-0.3, -0.25) is 4.79 Å². The predicted octanol–water partition coefficient (Wildman–Crippen LogP) is 4.70. The zero-order chi connectivity index (χ0) is 22.1.